The summed E-state index contributed by atoms with van der Waals surface area (Å²) in [7, 11) is 6.51. The van der Waals surface area contributed by atoms with Crippen molar-refractivity contribution in [3.63, 3.8) is 0 Å². The van der Waals surface area contributed by atoms with Gasteiger partial charge in [-0.05, 0) is 132 Å². The molecule has 8 fully saturated rings. The number of phenols is 2. The van der Waals surface area contributed by atoms with E-state index in [0.29, 0.717) is 33.0 Å². The van der Waals surface area contributed by atoms with E-state index in [0.717, 1.165) is 77.3 Å². The van der Waals surface area contributed by atoms with Crippen LogP contribution in [0.4, 0.5) is 0 Å². The molecule has 3 radical (unpaired) electrons. The topological polar surface area (TPSA) is 133 Å². The number of benzene rings is 2. The van der Waals surface area contributed by atoms with Crippen molar-refractivity contribution < 1.29 is 133 Å². The molecule has 4 heterocycles. The van der Waals surface area contributed by atoms with Gasteiger partial charge in [0.15, 0.2) is 23.0 Å². The molecular weight excluding hydrogens is 1300 g/mol. The second-order valence-corrected chi connectivity index (χ2v) is 36.0. The van der Waals surface area contributed by atoms with Gasteiger partial charge < -0.3 is 49.6 Å². The predicted molar refractivity (Wildman–Crippen MR) is 260 cm³/mol. The number of rotatable bonds is 4. The number of ether oxygens (including phenoxy) is 4. The quantitative estimate of drug-likeness (QED) is 0.190. The second-order valence-electron chi connectivity index (χ2n) is 24.2. The van der Waals surface area contributed by atoms with Crippen molar-refractivity contribution in [2.45, 2.75) is 177 Å². The van der Waals surface area contributed by atoms with Gasteiger partial charge in [-0.25, -0.2) is 0 Å². The second kappa shape index (κ2) is 18.5. The molecule has 14 unspecified atom stereocenters. The standard InChI is InChI=1S/C26H37NO4.C25H35NO4.2HI.2V.2Y/c1-22(2,3)23(4,29)17-14-24-9-10-26(17,30-6)21-25(24)11-12-27(5)18(24)13-15-7-8-16(28)20(31-21)19(15)25;1-21(2,3)22(4,28)16-13-23-8-9-25(16,29-5)20-24(23)10-11-26-17(23)12-14-6-7-15(27)19(30-20)18(14)24;;;;;;/h7-8,17-18,21,28-29H,9-14H2,1-6H3;6-7,16-17,20,26-28H,8-13H2,1-5H3;2*1H;;;;/q;;;;;+2;;/p-2. The van der Waals surface area contributed by atoms with E-state index in [-0.39, 0.29) is 152 Å². The Morgan fingerprint density at radius 1 is 0.687 bits per heavy atom. The van der Waals surface area contributed by atoms with Crippen molar-refractivity contribution in [2.75, 3.05) is 34.4 Å². The first-order valence-corrected chi connectivity index (χ1v) is 32.9. The van der Waals surface area contributed by atoms with Crippen molar-refractivity contribution in [1.29, 1.82) is 0 Å². The molecule has 12 aliphatic rings. The summed E-state index contributed by atoms with van der Waals surface area (Å²) in [4.78, 5) is 2.56. The van der Waals surface area contributed by atoms with Crippen LogP contribution in [0.3, 0.4) is 0 Å². The monoisotopic (exact) mass is 1370 g/mol. The smallest absolute Gasteiger partial charge is 0 e. The van der Waals surface area contributed by atoms with Crippen molar-refractivity contribution in [3.8, 4) is 23.0 Å². The average molecular weight is 1370 g/mol. The number of hydrogen-bond donors (Lipinski definition) is 5. The van der Waals surface area contributed by atoms with Gasteiger partial charge >= 0.3 is 49.4 Å². The first kappa shape index (κ1) is 57.0. The van der Waals surface area contributed by atoms with Crippen LogP contribution in [-0.4, -0.2) is 106 Å². The summed E-state index contributed by atoms with van der Waals surface area (Å²) < 4.78 is 26.5. The van der Waals surface area contributed by atoms with Crippen LogP contribution in [0.1, 0.15) is 129 Å². The third-order valence-electron chi connectivity index (χ3n) is 21.2. The third-order valence-corrected chi connectivity index (χ3v) is 21.2. The molecule has 67 heavy (non-hydrogen) atoms. The number of likely N-dealkylation sites (N-methyl/N-ethyl adjacent to an activating group) is 1. The van der Waals surface area contributed by atoms with E-state index in [1.165, 1.54) is 22.3 Å². The maximum absolute atomic E-state index is 12.0. The molecule has 6 saturated carbocycles. The summed E-state index contributed by atoms with van der Waals surface area (Å²) in [5.41, 5.74) is 1.35. The SMILES string of the molecule is COC12CCC3(CC1C(C)(O)C(C)(C)C)C1Cc4ccc(O)c5c4C3(CCN1)C2O5.COC12CCC3(CC1C(C)(O)C(C)(C)C)C1Cc4ccc(O)c5c4C3(CCN1C)C2O5.[I][V][I].[V].[Y].[Y]. The molecule has 4 spiro atoms. The molecule has 14 rings (SSSR count). The van der Waals surface area contributed by atoms with Gasteiger partial charge in [-0.2, -0.15) is 0 Å². The Morgan fingerprint density at radius 3 is 1.58 bits per heavy atom. The Bertz CT molecular complexity index is 2270. The average Bonchev–Trinajstić information content (AvgIpc) is 3.80. The van der Waals surface area contributed by atoms with E-state index < -0.39 is 22.4 Å². The molecule has 0 amide bonds. The Hall–Kier alpha value is 2.24. The summed E-state index contributed by atoms with van der Waals surface area (Å²) in [6.45, 7) is 18.8. The van der Waals surface area contributed by atoms with Crippen molar-refractivity contribution in [3.05, 3.63) is 46.5 Å². The predicted octanol–water partition coefficient (Wildman–Crippen LogP) is 8.69. The molecule has 2 aromatic rings. The largest absolute Gasteiger partial charge is 0 e. The Balaban J connectivity index is 0.000000180. The molecule has 0 aromatic heterocycles. The number of methoxy groups -OCH3 is 2. The van der Waals surface area contributed by atoms with E-state index in [9.17, 15) is 20.4 Å². The fourth-order valence-corrected chi connectivity index (χ4v) is 17.4. The maximum Gasteiger partial charge on any atom is 0 e. The fraction of sp³-hybridized carbons (Fsp3) is 0.765. The Labute approximate surface area is 491 Å². The molecule has 4 aliphatic heterocycles. The number of nitrogens with zero attached hydrogens (tertiary/aromatic N) is 1. The van der Waals surface area contributed by atoms with Gasteiger partial charge in [0.05, 0.1) is 11.2 Å². The third kappa shape index (κ3) is 6.97. The molecule has 14 atom stereocenters. The van der Waals surface area contributed by atoms with Gasteiger partial charge in [-0.15, -0.1) is 0 Å². The van der Waals surface area contributed by atoms with E-state index in [1.54, 1.807) is 19.2 Å². The van der Waals surface area contributed by atoms with Crippen molar-refractivity contribution >= 4 is 40.0 Å². The number of fused-ring (bicyclic) bond motifs is 4. The Morgan fingerprint density at radius 2 is 1.12 bits per heavy atom. The van der Waals surface area contributed by atoms with Gasteiger partial charge in [0.25, 0.3) is 0 Å². The van der Waals surface area contributed by atoms with Crippen LogP contribution in [0.15, 0.2) is 24.3 Å². The van der Waals surface area contributed by atoms with Crippen LogP contribution >= 0.6 is 40.0 Å². The van der Waals surface area contributed by atoms with Gasteiger partial charge in [0.2, 0.25) is 0 Å². The maximum atomic E-state index is 12.0. The molecular formula is C51H72I2N2O8V2Y2. The zero-order valence-corrected chi connectivity index (χ0v) is 54.2. The summed E-state index contributed by atoms with van der Waals surface area (Å²) in [6, 6.07) is 8.60. The normalized spacial score (nSPS) is 40.9. The van der Waals surface area contributed by atoms with Crippen LogP contribution in [0, 0.1) is 33.5 Å². The number of piperidine rings is 2. The molecule has 8 bridgehead atoms. The molecule has 2 saturated heterocycles. The summed E-state index contributed by atoms with van der Waals surface area (Å²) in [6.07, 6.45) is 9.41. The molecule has 16 heteroatoms. The summed E-state index contributed by atoms with van der Waals surface area (Å²) >= 11 is 4.74. The fourth-order valence-electron chi connectivity index (χ4n) is 17.4. The number of hydrogen-bond acceptors (Lipinski definition) is 10. The van der Waals surface area contributed by atoms with Crippen LogP contribution in [-0.2, 0) is 127 Å². The number of aromatic hydroxyl groups is 2. The van der Waals surface area contributed by atoms with Gasteiger partial charge in [-0.1, -0.05) is 53.7 Å². The van der Waals surface area contributed by atoms with Gasteiger partial charge in [0, 0.05) is 155 Å². The number of phenolic OH excluding ortho intramolecular Hbond substituents is 2. The first-order chi connectivity index (χ1) is 29.9. The minimum absolute atomic E-state index is 0. The van der Waals surface area contributed by atoms with E-state index in [1.807, 2.05) is 21.0 Å². The van der Waals surface area contributed by atoms with E-state index in [2.05, 4.69) is 111 Å². The summed E-state index contributed by atoms with van der Waals surface area (Å²) in [5.74, 6) is 1.79. The molecule has 364 valence electrons. The molecule has 8 aliphatic carbocycles. The molecule has 10 nitrogen and oxygen atoms in total. The van der Waals surface area contributed by atoms with Crippen LogP contribution in [0.25, 0.3) is 0 Å². The number of likely N-dealkylation sites (tertiary alicyclic amines) is 1. The first-order valence-electron chi connectivity index (χ1n) is 23.9. The number of aliphatic hydroxyl groups is 2. The van der Waals surface area contributed by atoms with Gasteiger partial charge in [-0.3, -0.25) is 0 Å². The minimum Gasteiger partial charge on any atom is 0 e. The van der Waals surface area contributed by atoms with Crippen LogP contribution in [0.5, 0.6) is 23.0 Å². The van der Waals surface area contributed by atoms with Crippen molar-refractivity contribution in [2.24, 2.45) is 33.5 Å². The van der Waals surface area contributed by atoms with Crippen LogP contribution < -0.4 is 14.8 Å². The van der Waals surface area contributed by atoms with E-state index >= 15 is 0 Å². The zero-order chi connectivity index (χ0) is 46.2. The van der Waals surface area contributed by atoms with Gasteiger partial charge in [0.1, 0.15) is 23.4 Å². The van der Waals surface area contributed by atoms with E-state index in [4.69, 9.17) is 18.9 Å². The number of halogens is 2. The minimum atomic E-state index is -0.911. The van der Waals surface area contributed by atoms with Crippen LogP contribution in [0.2, 0.25) is 0 Å². The molecule has 2 aromatic carbocycles. The molecule has 5 N–H and O–H groups in total. The number of nitrogens with one attached hydrogen (secondary N) is 1. The zero-order valence-electron chi connectivity index (χ0n) is 41.4. The Kier molecular flexibility index (Phi) is 15.7. The summed E-state index contributed by atoms with van der Waals surface area (Å²) in [5, 5.41) is 49.5. The van der Waals surface area contributed by atoms with Crippen molar-refractivity contribution in [1.82, 2.24) is 10.2 Å².